The van der Waals surface area contributed by atoms with Gasteiger partial charge in [-0.1, -0.05) is 96.0 Å². The average Bonchev–Trinajstić information content (AvgIpc) is 3.39. The smallest absolute Gasteiger partial charge is 0.193 e. The van der Waals surface area contributed by atoms with Gasteiger partial charge < -0.3 is 41.4 Å². The Balaban J connectivity index is 0.899. The molecular weight excluding hydrogens is 916 g/mol. The fraction of sp³-hybridized carbons (Fsp3) is 0.351. The standard InChI is InChI=1S/C57H68Cl2N8O3/c1-69-33-31-66-27-23-64(24-28-66)21-19-41-7-3-5-9-55(41)62-47-13-17-49(53(58)37-47)43-11-15-51(45(35-43)39-60)57(68)52-16-12-44(36-46(52)40-61)50-18-14-48(38-54(50)59)63-56-10-6-4-8-42(56)20-22-65-25-29-67(30-26-65)32-34-70-2/h3-18,35-38,62-63H,19-34,39-40,60-61H2,1-2H3. The summed E-state index contributed by atoms with van der Waals surface area (Å²) in [6.45, 7) is 14.4. The number of carbonyl (C=O) groups is 1. The van der Waals surface area contributed by atoms with Crippen LogP contribution in [0.15, 0.2) is 121 Å². The third-order valence-corrected chi connectivity index (χ3v) is 14.5. The number of methoxy groups -OCH3 is 2. The minimum atomic E-state index is -0.138. The molecular formula is C57H68Cl2N8O3. The normalized spacial score (nSPS) is 15.1. The molecule has 0 unspecified atom stereocenters. The first-order valence-electron chi connectivity index (χ1n) is 24.6. The summed E-state index contributed by atoms with van der Waals surface area (Å²) in [6.07, 6.45) is 1.90. The van der Waals surface area contributed by atoms with Gasteiger partial charge in [-0.25, -0.2) is 0 Å². The molecule has 0 radical (unpaired) electrons. The lowest BCUT2D eigenvalue weighted by Gasteiger charge is -2.34. The molecule has 0 bridgehead atoms. The van der Waals surface area contributed by atoms with Crippen LogP contribution in [0.4, 0.5) is 22.7 Å². The van der Waals surface area contributed by atoms with Gasteiger partial charge in [0.25, 0.3) is 0 Å². The third kappa shape index (κ3) is 13.2. The monoisotopic (exact) mass is 982 g/mol. The molecule has 368 valence electrons. The lowest BCUT2D eigenvalue weighted by Crippen LogP contribution is -2.47. The minimum Gasteiger partial charge on any atom is -0.383 e. The van der Waals surface area contributed by atoms with Crippen molar-refractivity contribution in [3.05, 3.63) is 165 Å². The van der Waals surface area contributed by atoms with Crippen LogP contribution in [0.5, 0.6) is 0 Å². The summed E-state index contributed by atoms with van der Waals surface area (Å²) in [4.78, 5) is 24.3. The molecule has 13 heteroatoms. The van der Waals surface area contributed by atoms with Crippen molar-refractivity contribution in [3.8, 4) is 22.3 Å². The molecule has 2 aliphatic heterocycles. The minimum absolute atomic E-state index is 0.138. The van der Waals surface area contributed by atoms with Gasteiger partial charge in [-0.15, -0.1) is 0 Å². The summed E-state index contributed by atoms with van der Waals surface area (Å²) >= 11 is 14.0. The molecule has 0 saturated carbocycles. The highest BCUT2D eigenvalue weighted by Gasteiger charge is 2.21. The van der Waals surface area contributed by atoms with Crippen molar-refractivity contribution >= 4 is 51.7 Å². The Morgan fingerprint density at radius 2 is 0.886 bits per heavy atom. The van der Waals surface area contributed by atoms with Crippen molar-refractivity contribution < 1.29 is 14.3 Å². The summed E-state index contributed by atoms with van der Waals surface area (Å²) in [7, 11) is 3.52. The van der Waals surface area contributed by atoms with E-state index in [1.165, 1.54) is 11.1 Å². The first-order chi connectivity index (χ1) is 34.2. The zero-order valence-electron chi connectivity index (χ0n) is 40.7. The van der Waals surface area contributed by atoms with E-state index in [0.717, 1.165) is 161 Å². The fourth-order valence-electron chi connectivity index (χ4n) is 9.60. The van der Waals surface area contributed by atoms with Crippen LogP contribution in [-0.4, -0.2) is 131 Å². The summed E-state index contributed by atoms with van der Waals surface area (Å²) < 4.78 is 10.5. The van der Waals surface area contributed by atoms with Gasteiger partial charge in [0.1, 0.15) is 0 Å². The number of anilines is 4. The largest absolute Gasteiger partial charge is 0.383 e. The molecule has 6 N–H and O–H groups in total. The van der Waals surface area contributed by atoms with E-state index in [1.54, 1.807) is 14.2 Å². The Morgan fingerprint density at radius 1 is 0.500 bits per heavy atom. The maximum Gasteiger partial charge on any atom is 0.193 e. The quantitative estimate of drug-likeness (QED) is 0.0487. The van der Waals surface area contributed by atoms with Crippen molar-refractivity contribution in [2.24, 2.45) is 11.5 Å². The van der Waals surface area contributed by atoms with Crippen LogP contribution >= 0.6 is 23.2 Å². The molecule has 6 aromatic carbocycles. The predicted molar refractivity (Wildman–Crippen MR) is 289 cm³/mol. The highest BCUT2D eigenvalue weighted by atomic mass is 35.5. The zero-order valence-corrected chi connectivity index (χ0v) is 42.2. The number of piperazine rings is 2. The molecule has 2 fully saturated rings. The van der Waals surface area contributed by atoms with E-state index in [4.69, 9.17) is 44.1 Å². The number of hydrogen-bond acceptors (Lipinski definition) is 11. The molecule has 0 aliphatic carbocycles. The van der Waals surface area contributed by atoms with Crippen LogP contribution in [0.3, 0.4) is 0 Å². The van der Waals surface area contributed by atoms with Crippen LogP contribution in [0.2, 0.25) is 10.0 Å². The number of nitrogens with one attached hydrogen (secondary N) is 2. The number of nitrogens with two attached hydrogens (primary N) is 2. The number of nitrogens with zero attached hydrogens (tertiary/aromatic N) is 4. The highest BCUT2D eigenvalue weighted by molar-refractivity contribution is 6.34. The molecule has 0 aromatic heterocycles. The third-order valence-electron chi connectivity index (χ3n) is 13.8. The van der Waals surface area contributed by atoms with Crippen molar-refractivity contribution in [1.29, 1.82) is 0 Å². The second-order valence-corrected chi connectivity index (χ2v) is 19.1. The number of ketones is 1. The first-order valence-corrected chi connectivity index (χ1v) is 25.4. The Bertz CT molecular complexity index is 2500. The van der Waals surface area contributed by atoms with Crippen molar-refractivity contribution in [1.82, 2.24) is 19.6 Å². The van der Waals surface area contributed by atoms with Gasteiger partial charge in [0, 0.05) is 151 Å². The van der Waals surface area contributed by atoms with Crippen molar-refractivity contribution in [3.63, 3.8) is 0 Å². The van der Waals surface area contributed by atoms with Crippen LogP contribution in [0.25, 0.3) is 22.3 Å². The predicted octanol–water partition coefficient (Wildman–Crippen LogP) is 9.58. The number of hydrogen-bond donors (Lipinski definition) is 4. The molecule has 2 heterocycles. The maximum absolute atomic E-state index is 14.3. The number of halogens is 2. The maximum atomic E-state index is 14.3. The van der Waals surface area contributed by atoms with Gasteiger partial charge in [0.05, 0.1) is 23.3 Å². The van der Waals surface area contributed by atoms with Crippen LogP contribution in [0, 0.1) is 0 Å². The Kier molecular flexibility index (Phi) is 18.5. The summed E-state index contributed by atoms with van der Waals surface area (Å²) in [5, 5.41) is 8.43. The molecule has 11 nitrogen and oxygen atoms in total. The van der Waals surface area contributed by atoms with Gasteiger partial charge in [0.15, 0.2) is 5.78 Å². The molecule has 2 aliphatic rings. The highest BCUT2D eigenvalue weighted by Crippen LogP contribution is 2.36. The molecule has 70 heavy (non-hydrogen) atoms. The second-order valence-electron chi connectivity index (χ2n) is 18.3. The number of carbonyl (C=O) groups excluding carboxylic acids is 1. The van der Waals surface area contributed by atoms with Crippen molar-refractivity contribution in [2.45, 2.75) is 25.9 Å². The summed E-state index contributed by atoms with van der Waals surface area (Å²) in [5.74, 6) is -0.138. The van der Waals surface area contributed by atoms with Gasteiger partial charge in [-0.3, -0.25) is 14.6 Å². The summed E-state index contributed by atoms with van der Waals surface area (Å²) in [6, 6.07) is 40.4. The van der Waals surface area contributed by atoms with Gasteiger partial charge in [-0.2, -0.15) is 0 Å². The van der Waals surface area contributed by atoms with Crippen LogP contribution < -0.4 is 22.1 Å². The van der Waals surface area contributed by atoms with Gasteiger partial charge in [0.2, 0.25) is 0 Å². The van der Waals surface area contributed by atoms with Gasteiger partial charge in [-0.05, 0) is 94.8 Å². The van der Waals surface area contributed by atoms with E-state index in [1.807, 2.05) is 72.8 Å². The van der Waals surface area contributed by atoms with E-state index in [9.17, 15) is 4.79 Å². The molecule has 0 atom stereocenters. The number of benzene rings is 6. The topological polar surface area (TPSA) is 125 Å². The molecule has 8 rings (SSSR count). The molecule has 0 amide bonds. The lowest BCUT2D eigenvalue weighted by atomic mass is 9.90. The Morgan fingerprint density at radius 3 is 1.26 bits per heavy atom. The first kappa shape index (κ1) is 51.2. The lowest BCUT2D eigenvalue weighted by molar-refractivity contribution is 0.0976. The van der Waals surface area contributed by atoms with Crippen molar-refractivity contribution in [2.75, 3.05) is 117 Å². The van der Waals surface area contributed by atoms with E-state index >= 15 is 0 Å². The number of ether oxygens (including phenoxy) is 2. The van der Waals surface area contributed by atoms with Crippen LogP contribution in [-0.2, 0) is 35.4 Å². The second kappa shape index (κ2) is 25.3. The Hall–Kier alpha value is -5.15. The van der Waals surface area contributed by atoms with Gasteiger partial charge >= 0.3 is 0 Å². The van der Waals surface area contributed by atoms with E-state index in [2.05, 4.69) is 78.8 Å². The SMILES string of the molecule is COCCN1CCN(CCc2ccccc2Nc2ccc(-c3ccc(C(=O)c4ccc(-c5ccc(Nc6ccccc6CCN6CCN(CCOC)CC6)cc5Cl)cc4CN)c(CN)c3)c(Cl)c2)CC1. The molecule has 2 saturated heterocycles. The fourth-order valence-corrected chi connectivity index (χ4v) is 10.2. The zero-order chi connectivity index (χ0) is 48.8. The Labute approximate surface area is 424 Å². The van der Waals surface area contributed by atoms with E-state index in [0.29, 0.717) is 21.2 Å². The molecule has 0 spiro atoms. The summed E-state index contributed by atoms with van der Waals surface area (Å²) in [5.41, 5.74) is 25.1. The number of para-hydroxylation sites is 2. The average molecular weight is 984 g/mol. The molecule has 6 aromatic rings. The van der Waals surface area contributed by atoms with Crippen LogP contribution in [0.1, 0.15) is 38.2 Å². The number of rotatable bonds is 22. The van der Waals surface area contributed by atoms with E-state index < -0.39 is 0 Å². The van der Waals surface area contributed by atoms with E-state index in [-0.39, 0.29) is 18.9 Å².